The summed E-state index contributed by atoms with van der Waals surface area (Å²) in [6.07, 6.45) is 15.2. The third kappa shape index (κ3) is 1.67. The fourth-order valence-corrected chi connectivity index (χ4v) is 4.23. The van der Waals surface area contributed by atoms with E-state index in [1.165, 1.54) is 24.8 Å². The van der Waals surface area contributed by atoms with Gasteiger partial charge in [-0.05, 0) is 55.1 Å². The topological polar surface area (TPSA) is 20.2 Å². The zero-order chi connectivity index (χ0) is 12.8. The van der Waals surface area contributed by atoms with Gasteiger partial charge in [0.2, 0.25) is 0 Å². The third-order valence-corrected chi connectivity index (χ3v) is 5.42. The quantitative estimate of drug-likeness (QED) is 0.741. The average molecular weight is 244 g/mol. The van der Waals surface area contributed by atoms with Crippen molar-refractivity contribution in [2.24, 2.45) is 23.2 Å². The summed E-state index contributed by atoms with van der Waals surface area (Å²) in [7, 11) is 0. The first-order valence-corrected chi connectivity index (χ1v) is 7.43. The Hall–Kier alpha value is -0.980. The molecule has 0 aromatic rings. The van der Waals surface area contributed by atoms with E-state index < -0.39 is 0 Å². The molecule has 3 aliphatic rings. The number of hydrogen-bond donors (Lipinski definition) is 1. The molecule has 0 amide bonds. The second-order valence-corrected chi connectivity index (χ2v) is 6.51. The number of allylic oxidation sites excluding steroid dienone is 6. The zero-order valence-electron chi connectivity index (χ0n) is 11.5. The van der Waals surface area contributed by atoms with Gasteiger partial charge in [0.25, 0.3) is 0 Å². The number of hydrogen-bond acceptors (Lipinski definition) is 1. The van der Waals surface area contributed by atoms with Crippen molar-refractivity contribution in [1.82, 2.24) is 0 Å². The molecule has 3 aliphatic carbocycles. The van der Waals surface area contributed by atoms with E-state index in [-0.39, 0.29) is 5.41 Å². The molecule has 0 aliphatic heterocycles. The summed E-state index contributed by atoms with van der Waals surface area (Å²) >= 11 is 0. The highest BCUT2D eigenvalue weighted by molar-refractivity contribution is 5.34. The van der Waals surface area contributed by atoms with Crippen LogP contribution in [0.2, 0.25) is 0 Å². The Morgan fingerprint density at radius 3 is 3.00 bits per heavy atom. The van der Waals surface area contributed by atoms with Crippen molar-refractivity contribution in [3.05, 3.63) is 35.6 Å². The third-order valence-electron chi connectivity index (χ3n) is 5.42. The van der Waals surface area contributed by atoms with Crippen molar-refractivity contribution in [2.45, 2.75) is 46.0 Å². The number of rotatable bonds is 2. The smallest absolute Gasteiger partial charge is 0.0947 e. The predicted octanol–water partition coefficient (Wildman–Crippen LogP) is 4.78. The van der Waals surface area contributed by atoms with Gasteiger partial charge in [0, 0.05) is 5.41 Å². The van der Waals surface area contributed by atoms with E-state index in [0.29, 0.717) is 17.6 Å². The fourth-order valence-electron chi connectivity index (χ4n) is 4.23. The predicted molar refractivity (Wildman–Crippen MR) is 75.3 cm³/mol. The summed E-state index contributed by atoms with van der Waals surface area (Å²) in [4.78, 5) is 0. The van der Waals surface area contributed by atoms with E-state index in [4.69, 9.17) is 0 Å². The van der Waals surface area contributed by atoms with E-state index in [9.17, 15) is 5.11 Å². The summed E-state index contributed by atoms with van der Waals surface area (Å²) in [6, 6.07) is 0. The molecule has 0 heterocycles. The summed E-state index contributed by atoms with van der Waals surface area (Å²) in [5.41, 5.74) is 1.56. The molecule has 1 nitrogen and oxygen atoms in total. The highest BCUT2D eigenvalue weighted by atomic mass is 16.3. The number of fused-ring (bicyclic) bond motifs is 3. The standard InChI is InChI=1S/C17H24O/c1-3-4-12-5-6-13-9-10-17(2)15(14(13)11-12)7-8-16(17)18/h5-6,8-9,12,14-15,18H,3-4,7,10-11H2,1-2H3/t12-,14-,15+,17+/m1/s1. The van der Waals surface area contributed by atoms with E-state index in [2.05, 4.69) is 38.2 Å². The fraction of sp³-hybridized carbons (Fsp3) is 0.647. The molecule has 4 atom stereocenters. The van der Waals surface area contributed by atoms with Gasteiger partial charge in [0.15, 0.2) is 0 Å². The molecule has 1 heteroatoms. The summed E-state index contributed by atoms with van der Waals surface area (Å²) < 4.78 is 0. The van der Waals surface area contributed by atoms with Gasteiger partial charge in [0.1, 0.15) is 0 Å². The molecule has 3 rings (SSSR count). The molecule has 0 radical (unpaired) electrons. The van der Waals surface area contributed by atoms with Gasteiger partial charge in [-0.15, -0.1) is 0 Å². The van der Waals surface area contributed by atoms with Crippen LogP contribution in [0.4, 0.5) is 0 Å². The Bertz CT molecular complexity index is 429. The molecular formula is C17H24O. The summed E-state index contributed by atoms with van der Waals surface area (Å²) in [5.74, 6) is 2.69. The molecule has 0 aromatic carbocycles. The van der Waals surface area contributed by atoms with Gasteiger partial charge in [-0.1, -0.05) is 38.5 Å². The first-order chi connectivity index (χ1) is 8.65. The lowest BCUT2D eigenvalue weighted by molar-refractivity contribution is 0.120. The van der Waals surface area contributed by atoms with Crippen LogP contribution in [0.3, 0.4) is 0 Å². The monoisotopic (exact) mass is 244 g/mol. The Kier molecular flexibility index (Phi) is 2.88. The molecule has 0 spiro atoms. The lowest BCUT2D eigenvalue weighted by Crippen LogP contribution is -2.36. The van der Waals surface area contributed by atoms with Gasteiger partial charge in [-0.25, -0.2) is 0 Å². The number of aliphatic hydroxyl groups is 1. The Morgan fingerprint density at radius 1 is 1.39 bits per heavy atom. The van der Waals surface area contributed by atoms with Crippen molar-refractivity contribution < 1.29 is 5.11 Å². The van der Waals surface area contributed by atoms with Gasteiger partial charge >= 0.3 is 0 Å². The van der Waals surface area contributed by atoms with Crippen molar-refractivity contribution >= 4 is 0 Å². The Labute approximate surface area is 110 Å². The maximum atomic E-state index is 10.2. The van der Waals surface area contributed by atoms with Crippen LogP contribution in [-0.4, -0.2) is 5.11 Å². The van der Waals surface area contributed by atoms with E-state index in [1.807, 2.05) is 0 Å². The molecule has 0 unspecified atom stereocenters. The minimum atomic E-state index is 0.0239. The Morgan fingerprint density at radius 2 is 2.22 bits per heavy atom. The van der Waals surface area contributed by atoms with Crippen molar-refractivity contribution in [3.8, 4) is 0 Å². The normalized spacial score (nSPS) is 42.0. The molecule has 0 bridgehead atoms. The molecule has 0 fully saturated rings. The molecule has 0 saturated carbocycles. The lowest BCUT2D eigenvalue weighted by atomic mass is 9.60. The second kappa shape index (κ2) is 4.29. The van der Waals surface area contributed by atoms with Crippen LogP contribution in [0.1, 0.15) is 46.0 Å². The minimum Gasteiger partial charge on any atom is -0.512 e. The molecule has 0 saturated heterocycles. The van der Waals surface area contributed by atoms with Crippen molar-refractivity contribution in [3.63, 3.8) is 0 Å². The van der Waals surface area contributed by atoms with Gasteiger partial charge < -0.3 is 5.11 Å². The highest BCUT2D eigenvalue weighted by Crippen LogP contribution is 2.56. The van der Waals surface area contributed by atoms with Crippen LogP contribution in [0.5, 0.6) is 0 Å². The highest BCUT2D eigenvalue weighted by Gasteiger charge is 2.48. The van der Waals surface area contributed by atoms with Crippen molar-refractivity contribution in [1.29, 1.82) is 0 Å². The SMILES string of the molecule is CCC[C@@H]1C=CC2=CC[C@]3(C)C(O)=CC[C@H]3[C@@H]2C1. The van der Waals surface area contributed by atoms with E-state index in [1.54, 1.807) is 0 Å². The molecule has 1 N–H and O–H groups in total. The molecule has 18 heavy (non-hydrogen) atoms. The second-order valence-electron chi connectivity index (χ2n) is 6.51. The first kappa shape index (κ1) is 12.1. The van der Waals surface area contributed by atoms with Crippen LogP contribution >= 0.6 is 0 Å². The van der Waals surface area contributed by atoms with Crippen LogP contribution in [0.25, 0.3) is 0 Å². The van der Waals surface area contributed by atoms with Gasteiger partial charge in [0.05, 0.1) is 5.76 Å². The van der Waals surface area contributed by atoms with Crippen LogP contribution in [0, 0.1) is 23.2 Å². The number of aliphatic hydroxyl groups excluding tert-OH is 1. The van der Waals surface area contributed by atoms with Crippen LogP contribution in [-0.2, 0) is 0 Å². The van der Waals surface area contributed by atoms with Crippen LogP contribution < -0.4 is 0 Å². The largest absolute Gasteiger partial charge is 0.512 e. The molecule has 98 valence electrons. The van der Waals surface area contributed by atoms with Gasteiger partial charge in [-0.3, -0.25) is 0 Å². The first-order valence-electron chi connectivity index (χ1n) is 7.43. The minimum absolute atomic E-state index is 0.0239. The summed E-state index contributed by atoms with van der Waals surface area (Å²) in [5, 5.41) is 10.2. The Balaban J connectivity index is 1.87. The maximum Gasteiger partial charge on any atom is 0.0947 e. The lowest BCUT2D eigenvalue weighted by Gasteiger charge is -2.44. The van der Waals surface area contributed by atoms with E-state index >= 15 is 0 Å². The summed E-state index contributed by atoms with van der Waals surface area (Å²) in [6.45, 7) is 4.52. The van der Waals surface area contributed by atoms with Crippen molar-refractivity contribution in [2.75, 3.05) is 0 Å². The average Bonchev–Trinajstić information content (AvgIpc) is 2.67. The maximum absolute atomic E-state index is 10.2. The molecular weight excluding hydrogens is 220 g/mol. The zero-order valence-corrected chi connectivity index (χ0v) is 11.5. The van der Waals surface area contributed by atoms with Crippen LogP contribution in [0.15, 0.2) is 35.6 Å². The molecule has 0 aromatic heterocycles. The van der Waals surface area contributed by atoms with E-state index in [0.717, 1.165) is 18.8 Å². The van der Waals surface area contributed by atoms with Gasteiger partial charge in [-0.2, -0.15) is 0 Å².